The molecule has 6 heteroatoms. The lowest BCUT2D eigenvalue weighted by atomic mass is 10.1. The fourth-order valence-corrected chi connectivity index (χ4v) is 3.23. The molecule has 3 rings (SSSR count). The minimum Gasteiger partial charge on any atom is -0.348 e. The van der Waals surface area contributed by atoms with Crippen molar-refractivity contribution in [2.24, 2.45) is 0 Å². The number of benzene rings is 3. The van der Waals surface area contributed by atoms with Crippen molar-refractivity contribution in [1.29, 1.82) is 0 Å². The minimum absolute atomic E-state index is 0.242. The summed E-state index contributed by atoms with van der Waals surface area (Å²) in [5.41, 5.74) is 3.18. The molecule has 0 unspecified atom stereocenters. The minimum atomic E-state index is -0.416. The average Bonchev–Trinajstić information content (AvgIpc) is 2.67. The normalized spacial score (nSPS) is 10.4. The number of amides is 2. The molecule has 0 aliphatic carbocycles. The number of nitrogens with one attached hydrogen (secondary N) is 2. The number of hydrogen-bond acceptors (Lipinski definition) is 2. The van der Waals surface area contributed by atoms with Crippen molar-refractivity contribution < 1.29 is 9.59 Å². The molecule has 2 N–H and O–H groups in total. The van der Waals surface area contributed by atoms with E-state index in [9.17, 15) is 9.59 Å². The molecule has 28 heavy (non-hydrogen) atoms. The Morgan fingerprint density at radius 1 is 0.857 bits per heavy atom. The van der Waals surface area contributed by atoms with E-state index in [1.165, 1.54) is 6.07 Å². The fraction of sp³-hybridized carbons (Fsp3) is 0.0909. The number of hydrogen-bond donors (Lipinski definition) is 2. The van der Waals surface area contributed by atoms with Crippen LogP contribution in [0.3, 0.4) is 0 Å². The van der Waals surface area contributed by atoms with Gasteiger partial charge in [0.05, 0.1) is 21.8 Å². The second-order valence-electron chi connectivity index (χ2n) is 6.23. The zero-order valence-electron chi connectivity index (χ0n) is 15.1. The van der Waals surface area contributed by atoms with Crippen LogP contribution in [-0.4, -0.2) is 11.8 Å². The molecule has 3 aromatic rings. The number of para-hydroxylation sites is 1. The molecule has 142 valence electrons. The van der Waals surface area contributed by atoms with Crippen molar-refractivity contribution >= 4 is 40.7 Å². The number of carbonyl (C=O) groups is 2. The average molecular weight is 413 g/mol. The van der Waals surface area contributed by atoms with Crippen molar-refractivity contribution in [2.45, 2.75) is 13.5 Å². The maximum atomic E-state index is 12.7. The van der Waals surface area contributed by atoms with Gasteiger partial charge in [-0.3, -0.25) is 9.59 Å². The Hall–Kier alpha value is -2.82. The van der Waals surface area contributed by atoms with Gasteiger partial charge in [0, 0.05) is 11.6 Å². The molecule has 0 aromatic heterocycles. The van der Waals surface area contributed by atoms with Crippen molar-refractivity contribution in [1.82, 2.24) is 5.32 Å². The second kappa shape index (κ2) is 8.91. The SMILES string of the molecule is Cc1ccccc1CNC(=O)c1ccccc1NC(=O)c1ccc(Cl)cc1Cl. The van der Waals surface area contributed by atoms with Crippen molar-refractivity contribution in [3.63, 3.8) is 0 Å². The lowest BCUT2D eigenvalue weighted by Gasteiger charge is -2.13. The number of carbonyl (C=O) groups excluding carboxylic acids is 2. The van der Waals surface area contributed by atoms with Gasteiger partial charge in [-0.05, 0) is 48.4 Å². The van der Waals surface area contributed by atoms with Crippen molar-refractivity contribution in [2.75, 3.05) is 5.32 Å². The van der Waals surface area contributed by atoms with Crippen LogP contribution in [0.2, 0.25) is 10.0 Å². The molecule has 0 aliphatic rings. The number of anilines is 1. The highest BCUT2D eigenvalue weighted by Crippen LogP contribution is 2.23. The van der Waals surface area contributed by atoms with Crippen LogP contribution in [0, 0.1) is 6.92 Å². The van der Waals surface area contributed by atoms with Gasteiger partial charge in [-0.15, -0.1) is 0 Å². The van der Waals surface area contributed by atoms with E-state index < -0.39 is 5.91 Å². The Kier molecular flexibility index (Phi) is 6.34. The summed E-state index contributed by atoms with van der Waals surface area (Å²) in [4.78, 5) is 25.2. The second-order valence-corrected chi connectivity index (χ2v) is 7.08. The zero-order chi connectivity index (χ0) is 20.1. The van der Waals surface area contributed by atoms with E-state index in [-0.39, 0.29) is 16.5 Å². The van der Waals surface area contributed by atoms with Gasteiger partial charge >= 0.3 is 0 Å². The standard InChI is InChI=1S/C22H18Cl2N2O2/c1-14-6-2-3-7-15(14)13-25-21(27)18-8-4-5-9-20(18)26-22(28)17-11-10-16(23)12-19(17)24/h2-12H,13H2,1H3,(H,25,27)(H,26,28). The summed E-state index contributed by atoms with van der Waals surface area (Å²) >= 11 is 12.0. The first kappa shape index (κ1) is 19.9. The van der Waals surface area contributed by atoms with Gasteiger partial charge in [0.2, 0.25) is 0 Å². The lowest BCUT2D eigenvalue weighted by Crippen LogP contribution is -2.25. The predicted molar refractivity (Wildman–Crippen MR) is 113 cm³/mol. The number of halogens is 2. The van der Waals surface area contributed by atoms with Gasteiger partial charge in [0.1, 0.15) is 0 Å². The third-order valence-corrected chi connectivity index (χ3v) is 4.84. The van der Waals surface area contributed by atoms with Gasteiger partial charge in [-0.1, -0.05) is 59.6 Å². The van der Waals surface area contributed by atoms with E-state index in [2.05, 4.69) is 10.6 Å². The topological polar surface area (TPSA) is 58.2 Å². The summed E-state index contributed by atoms with van der Waals surface area (Å²) in [6.45, 7) is 2.39. The fourth-order valence-electron chi connectivity index (χ4n) is 2.73. The Labute approximate surface area is 173 Å². The van der Waals surface area contributed by atoms with E-state index in [4.69, 9.17) is 23.2 Å². The Morgan fingerprint density at radius 2 is 1.57 bits per heavy atom. The molecule has 0 saturated heterocycles. The first-order valence-corrected chi connectivity index (χ1v) is 9.39. The van der Waals surface area contributed by atoms with Crippen LogP contribution >= 0.6 is 23.2 Å². The predicted octanol–water partition coefficient (Wildman–Crippen LogP) is 5.48. The third kappa shape index (κ3) is 4.71. The maximum Gasteiger partial charge on any atom is 0.257 e. The van der Waals surface area contributed by atoms with Crippen molar-refractivity contribution in [3.05, 3.63) is 99.0 Å². The monoisotopic (exact) mass is 412 g/mol. The van der Waals surface area contributed by atoms with Crippen LogP contribution in [-0.2, 0) is 6.54 Å². The molecule has 4 nitrogen and oxygen atoms in total. The van der Waals surface area contributed by atoms with Crippen LogP contribution in [0.1, 0.15) is 31.8 Å². The Balaban J connectivity index is 1.76. The number of aryl methyl sites for hydroxylation is 1. The third-order valence-electron chi connectivity index (χ3n) is 4.30. The molecule has 0 radical (unpaired) electrons. The number of rotatable bonds is 5. The van der Waals surface area contributed by atoms with Crippen LogP contribution in [0.4, 0.5) is 5.69 Å². The molecule has 0 fully saturated rings. The molecule has 0 aliphatic heterocycles. The van der Waals surface area contributed by atoms with E-state index in [0.29, 0.717) is 22.8 Å². The molecule has 0 atom stereocenters. The first-order valence-electron chi connectivity index (χ1n) is 8.64. The summed E-state index contributed by atoms with van der Waals surface area (Å²) in [7, 11) is 0. The van der Waals surface area contributed by atoms with E-state index in [1.807, 2.05) is 31.2 Å². The van der Waals surface area contributed by atoms with Crippen LogP contribution < -0.4 is 10.6 Å². The lowest BCUT2D eigenvalue weighted by molar-refractivity contribution is 0.0951. The van der Waals surface area contributed by atoms with Crippen molar-refractivity contribution in [3.8, 4) is 0 Å². The molecule has 0 spiro atoms. The Morgan fingerprint density at radius 3 is 2.32 bits per heavy atom. The molecule has 3 aromatic carbocycles. The van der Waals surface area contributed by atoms with Gasteiger partial charge < -0.3 is 10.6 Å². The highest BCUT2D eigenvalue weighted by Gasteiger charge is 2.16. The Bertz CT molecular complexity index is 1030. The quantitative estimate of drug-likeness (QED) is 0.582. The summed E-state index contributed by atoms with van der Waals surface area (Å²) in [6, 6.07) is 19.3. The van der Waals surface area contributed by atoms with Gasteiger partial charge in [0.25, 0.3) is 11.8 Å². The highest BCUT2D eigenvalue weighted by molar-refractivity contribution is 6.37. The summed E-state index contributed by atoms with van der Waals surface area (Å²) in [6.07, 6.45) is 0. The zero-order valence-corrected chi connectivity index (χ0v) is 16.6. The van der Waals surface area contributed by atoms with E-state index >= 15 is 0 Å². The molecular formula is C22H18Cl2N2O2. The largest absolute Gasteiger partial charge is 0.348 e. The van der Waals surface area contributed by atoms with Crippen LogP contribution in [0.5, 0.6) is 0 Å². The van der Waals surface area contributed by atoms with Crippen LogP contribution in [0.15, 0.2) is 66.7 Å². The van der Waals surface area contributed by atoms with E-state index in [1.54, 1.807) is 36.4 Å². The molecule has 2 amide bonds. The smallest absolute Gasteiger partial charge is 0.257 e. The molecule has 0 bridgehead atoms. The summed E-state index contributed by atoms with van der Waals surface area (Å²) in [5.74, 6) is -0.692. The summed E-state index contributed by atoms with van der Waals surface area (Å²) < 4.78 is 0. The molecule has 0 heterocycles. The van der Waals surface area contributed by atoms with Gasteiger partial charge in [-0.25, -0.2) is 0 Å². The molecule has 0 saturated carbocycles. The molecular weight excluding hydrogens is 395 g/mol. The summed E-state index contributed by atoms with van der Waals surface area (Å²) in [5, 5.41) is 6.33. The van der Waals surface area contributed by atoms with E-state index in [0.717, 1.165) is 11.1 Å². The first-order chi connectivity index (χ1) is 13.5. The van der Waals surface area contributed by atoms with Gasteiger partial charge in [0.15, 0.2) is 0 Å². The van der Waals surface area contributed by atoms with Crippen LogP contribution in [0.25, 0.3) is 0 Å². The maximum absolute atomic E-state index is 12.7. The highest BCUT2D eigenvalue weighted by atomic mass is 35.5. The van der Waals surface area contributed by atoms with Gasteiger partial charge in [-0.2, -0.15) is 0 Å².